The van der Waals surface area contributed by atoms with Crippen LogP contribution in [0, 0.1) is 5.92 Å². The van der Waals surface area contributed by atoms with Crippen LogP contribution < -0.4 is 5.32 Å². The molecule has 5 heteroatoms. The molecule has 4 nitrogen and oxygen atoms in total. The van der Waals surface area contributed by atoms with Gasteiger partial charge >= 0.3 is 8.60 Å². The van der Waals surface area contributed by atoms with Gasteiger partial charge in [0.2, 0.25) is 0 Å². The molecule has 19 heavy (non-hydrogen) atoms. The van der Waals surface area contributed by atoms with Crippen molar-refractivity contribution in [2.24, 2.45) is 5.92 Å². The number of piperidine rings is 1. The summed E-state index contributed by atoms with van der Waals surface area (Å²) in [6, 6.07) is 0. The molecule has 1 fully saturated rings. The van der Waals surface area contributed by atoms with E-state index >= 15 is 0 Å². The topological polar surface area (TPSA) is 39.7 Å². The molecule has 0 amide bonds. The molecule has 1 rings (SSSR count). The van der Waals surface area contributed by atoms with Gasteiger partial charge in [-0.05, 0) is 33.1 Å². The molecular weight excluding hydrogens is 261 g/mol. The number of nitrogens with one attached hydrogen (secondary N) is 1. The first-order valence-corrected chi connectivity index (χ1v) is 8.28. The molecule has 1 saturated heterocycles. The summed E-state index contributed by atoms with van der Waals surface area (Å²) in [5.41, 5.74) is 0.209. The highest BCUT2D eigenvalue weighted by molar-refractivity contribution is 7.41. The van der Waals surface area contributed by atoms with Crippen LogP contribution in [0.1, 0.15) is 53.9 Å². The molecule has 0 saturated carbocycles. The minimum Gasteiger partial charge on any atom is -0.316 e. The van der Waals surface area contributed by atoms with Crippen LogP contribution in [0.4, 0.5) is 0 Å². The zero-order valence-corrected chi connectivity index (χ0v) is 14.3. The summed E-state index contributed by atoms with van der Waals surface area (Å²) in [6.07, 6.45) is 3.34. The molecule has 1 N–H and O–H groups in total. The molecule has 1 heterocycles. The summed E-state index contributed by atoms with van der Waals surface area (Å²) in [5, 5.41) is 3.84. The molecule has 0 aromatic heterocycles. The molecule has 0 aromatic rings. The van der Waals surface area contributed by atoms with Crippen LogP contribution in [0.3, 0.4) is 0 Å². The van der Waals surface area contributed by atoms with E-state index in [0.29, 0.717) is 5.92 Å². The van der Waals surface area contributed by atoms with Gasteiger partial charge in [-0.15, -0.1) is 0 Å². The van der Waals surface area contributed by atoms with Gasteiger partial charge in [0.15, 0.2) is 0 Å². The molecule has 4 unspecified atom stereocenters. The second-order valence-electron chi connectivity index (χ2n) is 6.04. The summed E-state index contributed by atoms with van der Waals surface area (Å²) >= 11 is 0. The second kappa shape index (κ2) is 6.82. The van der Waals surface area contributed by atoms with E-state index in [0.717, 1.165) is 19.3 Å². The lowest BCUT2D eigenvalue weighted by Crippen LogP contribution is -2.66. The molecule has 114 valence electrons. The second-order valence-corrected chi connectivity index (χ2v) is 7.42. The lowest BCUT2D eigenvalue weighted by Gasteiger charge is -2.53. The predicted molar refractivity (Wildman–Crippen MR) is 80.1 cm³/mol. The molecule has 4 atom stereocenters. The molecular formula is C14H30NO3P. The Morgan fingerprint density at radius 3 is 2.16 bits per heavy atom. The third-order valence-electron chi connectivity index (χ3n) is 4.84. The van der Waals surface area contributed by atoms with Crippen molar-refractivity contribution in [1.29, 1.82) is 0 Å². The van der Waals surface area contributed by atoms with Crippen LogP contribution in [0.5, 0.6) is 0 Å². The number of hydrogen-bond acceptors (Lipinski definition) is 4. The van der Waals surface area contributed by atoms with Gasteiger partial charge in [-0.25, -0.2) is 0 Å². The third-order valence-corrected chi connectivity index (χ3v) is 5.88. The molecule has 0 spiro atoms. The normalized spacial score (nSPS) is 39.8. The van der Waals surface area contributed by atoms with Gasteiger partial charge in [0.25, 0.3) is 0 Å². The SMILES string of the molecule is CCC1(C)CC(OP(OC)OC)C(C)C(C)(CC)N1. The highest BCUT2D eigenvalue weighted by Gasteiger charge is 2.47. The van der Waals surface area contributed by atoms with Crippen molar-refractivity contribution in [2.45, 2.75) is 71.1 Å². The van der Waals surface area contributed by atoms with E-state index in [1.807, 2.05) is 0 Å². The first kappa shape index (κ1) is 17.3. The summed E-state index contributed by atoms with van der Waals surface area (Å²) < 4.78 is 16.6. The molecule has 0 aromatic carbocycles. The Balaban J connectivity index is 2.89. The Kier molecular flexibility index (Phi) is 6.22. The van der Waals surface area contributed by atoms with E-state index in [4.69, 9.17) is 13.6 Å². The fourth-order valence-corrected chi connectivity index (χ4v) is 3.73. The maximum atomic E-state index is 6.08. The van der Waals surface area contributed by atoms with E-state index in [1.165, 1.54) is 0 Å². The van der Waals surface area contributed by atoms with Gasteiger partial charge in [0.05, 0.1) is 6.10 Å². The molecule has 0 aliphatic carbocycles. The maximum absolute atomic E-state index is 6.08. The van der Waals surface area contributed by atoms with E-state index in [9.17, 15) is 0 Å². The highest BCUT2D eigenvalue weighted by Crippen LogP contribution is 2.46. The summed E-state index contributed by atoms with van der Waals surface area (Å²) in [6.45, 7) is 11.3. The van der Waals surface area contributed by atoms with Crippen molar-refractivity contribution in [2.75, 3.05) is 14.2 Å². The van der Waals surface area contributed by atoms with Crippen molar-refractivity contribution in [3.63, 3.8) is 0 Å². The number of rotatable bonds is 6. The van der Waals surface area contributed by atoms with Crippen molar-refractivity contribution in [3.05, 3.63) is 0 Å². The van der Waals surface area contributed by atoms with Gasteiger partial charge < -0.3 is 18.9 Å². The predicted octanol–water partition coefficient (Wildman–Crippen LogP) is 3.86. The lowest BCUT2D eigenvalue weighted by molar-refractivity contribution is -0.0218. The molecule has 0 bridgehead atoms. The van der Waals surface area contributed by atoms with E-state index in [1.54, 1.807) is 14.2 Å². The van der Waals surface area contributed by atoms with Crippen molar-refractivity contribution in [3.8, 4) is 0 Å². The maximum Gasteiger partial charge on any atom is 0.332 e. The van der Waals surface area contributed by atoms with Crippen molar-refractivity contribution >= 4 is 8.60 Å². The molecule has 0 radical (unpaired) electrons. The Labute approximate surface area is 119 Å². The largest absolute Gasteiger partial charge is 0.332 e. The van der Waals surface area contributed by atoms with Crippen LogP contribution in [-0.4, -0.2) is 31.4 Å². The van der Waals surface area contributed by atoms with Gasteiger partial charge in [-0.1, -0.05) is 20.8 Å². The zero-order valence-electron chi connectivity index (χ0n) is 13.4. The quantitative estimate of drug-likeness (QED) is 0.754. The average molecular weight is 291 g/mol. The molecule has 1 aliphatic heterocycles. The van der Waals surface area contributed by atoms with E-state index in [2.05, 4.69) is 39.9 Å². The van der Waals surface area contributed by atoms with E-state index in [-0.39, 0.29) is 17.2 Å². The van der Waals surface area contributed by atoms with Gasteiger partial charge in [0, 0.05) is 31.2 Å². The minimum absolute atomic E-state index is 0.0934. The van der Waals surface area contributed by atoms with Crippen LogP contribution in [0.15, 0.2) is 0 Å². The monoisotopic (exact) mass is 291 g/mol. The standard InChI is InChI=1S/C14H30NO3P/c1-8-13(4)10-12(18-19(16-6)17-7)11(3)14(5,9-2)15-13/h11-12,15H,8-10H2,1-7H3. The van der Waals surface area contributed by atoms with Crippen molar-refractivity contribution < 1.29 is 13.6 Å². The van der Waals surface area contributed by atoms with Gasteiger partial charge in [0.1, 0.15) is 0 Å². The van der Waals surface area contributed by atoms with Gasteiger partial charge in [-0.3, -0.25) is 0 Å². The fraction of sp³-hybridized carbons (Fsp3) is 1.00. The Hall–Kier alpha value is 0.270. The average Bonchev–Trinajstić information content (AvgIpc) is 2.41. The summed E-state index contributed by atoms with van der Waals surface area (Å²) in [5.74, 6) is 0.424. The first-order valence-electron chi connectivity index (χ1n) is 7.18. The first-order chi connectivity index (χ1) is 8.84. The Morgan fingerprint density at radius 1 is 1.16 bits per heavy atom. The van der Waals surface area contributed by atoms with Crippen LogP contribution in [-0.2, 0) is 13.6 Å². The smallest absolute Gasteiger partial charge is 0.316 e. The summed E-state index contributed by atoms with van der Waals surface area (Å²) in [7, 11) is 2.05. The summed E-state index contributed by atoms with van der Waals surface area (Å²) in [4.78, 5) is 0. The van der Waals surface area contributed by atoms with Crippen molar-refractivity contribution in [1.82, 2.24) is 5.32 Å². The zero-order chi connectivity index (χ0) is 14.7. The van der Waals surface area contributed by atoms with Gasteiger partial charge in [-0.2, -0.15) is 0 Å². The molecule has 1 aliphatic rings. The van der Waals surface area contributed by atoms with Crippen LogP contribution >= 0.6 is 8.60 Å². The third kappa shape index (κ3) is 3.89. The highest BCUT2D eigenvalue weighted by atomic mass is 31.2. The fourth-order valence-electron chi connectivity index (χ4n) is 2.93. The number of hydrogen-bond donors (Lipinski definition) is 1. The van der Waals surface area contributed by atoms with E-state index < -0.39 is 8.60 Å². The minimum atomic E-state index is -1.23. The Morgan fingerprint density at radius 2 is 1.74 bits per heavy atom. The van der Waals surface area contributed by atoms with Crippen LogP contribution in [0.25, 0.3) is 0 Å². The Bertz CT molecular complexity index is 288. The van der Waals surface area contributed by atoms with Crippen LogP contribution in [0.2, 0.25) is 0 Å². The lowest BCUT2D eigenvalue weighted by atomic mass is 9.70.